The lowest BCUT2D eigenvalue weighted by Crippen LogP contribution is -2.45. The maximum Gasteiger partial charge on any atom is 0.305 e. The molecule has 0 saturated heterocycles. The first kappa shape index (κ1) is 64.6. The number of carbonyl (C=O) groups excluding carboxylic acids is 2. The fraction of sp³-hybridized carbons (Fsp3) is 0.933. The van der Waals surface area contributed by atoms with Gasteiger partial charge in [0.15, 0.2) is 0 Å². The molecule has 0 aliphatic carbocycles. The number of carbonyl (C=O) groups is 2. The molecule has 66 heavy (non-hydrogen) atoms. The minimum absolute atomic E-state index is 0.0174. The molecule has 0 aromatic heterocycles. The van der Waals surface area contributed by atoms with E-state index in [1.807, 2.05) is 6.08 Å². The van der Waals surface area contributed by atoms with Crippen LogP contribution in [0.2, 0.25) is 0 Å². The molecule has 0 rings (SSSR count). The van der Waals surface area contributed by atoms with Gasteiger partial charge in [0, 0.05) is 12.8 Å². The first-order valence-corrected chi connectivity index (χ1v) is 30.0. The molecule has 1 amide bonds. The maximum absolute atomic E-state index is 12.5. The molecule has 0 heterocycles. The zero-order valence-electron chi connectivity index (χ0n) is 44.7. The zero-order valence-corrected chi connectivity index (χ0v) is 44.7. The highest BCUT2D eigenvalue weighted by molar-refractivity contribution is 5.76. The Morgan fingerprint density at radius 3 is 1.03 bits per heavy atom. The Kier molecular flexibility index (Phi) is 55.0. The fourth-order valence-electron chi connectivity index (χ4n) is 9.46. The van der Waals surface area contributed by atoms with Crippen LogP contribution in [0.3, 0.4) is 0 Å². The monoisotopic (exact) mass is 932 g/mol. The van der Waals surface area contributed by atoms with Gasteiger partial charge in [0.1, 0.15) is 0 Å². The van der Waals surface area contributed by atoms with Gasteiger partial charge >= 0.3 is 5.97 Å². The molecule has 392 valence electrons. The SMILES string of the molecule is CCCCCCCCCCCCCCCCCCCCCCCCC/C=C/C(O)C(CO)NC(=O)CCCCCCCCCCCCOC(=O)CCCCCCCCCCCCCCCC. The third kappa shape index (κ3) is 52.0. The Morgan fingerprint density at radius 2 is 0.697 bits per heavy atom. The van der Waals surface area contributed by atoms with Crippen molar-refractivity contribution in [3.63, 3.8) is 0 Å². The normalized spacial score (nSPS) is 12.6. The van der Waals surface area contributed by atoms with E-state index in [1.54, 1.807) is 6.08 Å². The number of ether oxygens (including phenoxy) is 1. The van der Waals surface area contributed by atoms with Crippen LogP contribution in [0, 0.1) is 0 Å². The number of aliphatic hydroxyl groups excluding tert-OH is 2. The van der Waals surface area contributed by atoms with Gasteiger partial charge in [0.2, 0.25) is 5.91 Å². The van der Waals surface area contributed by atoms with Crippen molar-refractivity contribution in [2.45, 2.75) is 347 Å². The second-order valence-electron chi connectivity index (χ2n) is 20.7. The van der Waals surface area contributed by atoms with Crippen molar-refractivity contribution in [2.24, 2.45) is 0 Å². The minimum Gasteiger partial charge on any atom is -0.466 e. The maximum atomic E-state index is 12.5. The lowest BCUT2D eigenvalue weighted by atomic mass is 10.0. The predicted octanol–water partition coefficient (Wildman–Crippen LogP) is 18.5. The van der Waals surface area contributed by atoms with Gasteiger partial charge in [-0.05, 0) is 32.1 Å². The van der Waals surface area contributed by atoms with E-state index < -0.39 is 12.1 Å². The fourth-order valence-corrected chi connectivity index (χ4v) is 9.46. The standard InChI is InChI=1S/C60H117NO5/c1-3-5-7-9-11-13-15-17-19-20-21-22-23-24-25-26-27-28-29-30-32-36-40-44-48-52-58(63)57(56-62)61-59(64)53-49-45-41-37-34-35-39-43-47-51-55-66-60(65)54-50-46-42-38-33-31-18-16-14-12-10-8-6-4-2/h48,52,57-58,62-63H,3-47,49-51,53-56H2,1-2H3,(H,61,64)/b52-48+. The van der Waals surface area contributed by atoms with Crippen molar-refractivity contribution < 1.29 is 24.5 Å². The molecule has 0 aliphatic rings. The molecule has 0 spiro atoms. The Bertz CT molecular complexity index is 986. The van der Waals surface area contributed by atoms with Crippen LogP contribution >= 0.6 is 0 Å². The van der Waals surface area contributed by atoms with Gasteiger partial charge in [-0.25, -0.2) is 0 Å². The molecule has 0 radical (unpaired) electrons. The molecular formula is C60H117NO5. The third-order valence-corrected chi connectivity index (χ3v) is 14.1. The molecule has 0 bridgehead atoms. The summed E-state index contributed by atoms with van der Waals surface area (Å²) in [6.45, 7) is 4.88. The zero-order chi connectivity index (χ0) is 47.9. The topological polar surface area (TPSA) is 95.9 Å². The lowest BCUT2D eigenvalue weighted by Gasteiger charge is -2.20. The summed E-state index contributed by atoms with van der Waals surface area (Å²) in [5.41, 5.74) is 0. The van der Waals surface area contributed by atoms with E-state index >= 15 is 0 Å². The van der Waals surface area contributed by atoms with Crippen LogP contribution < -0.4 is 5.32 Å². The average Bonchev–Trinajstić information content (AvgIpc) is 3.32. The highest BCUT2D eigenvalue weighted by Crippen LogP contribution is 2.18. The number of hydrogen-bond donors (Lipinski definition) is 3. The summed E-state index contributed by atoms with van der Waals surface area (Å²) in [5.74, 6) is -0.104. The predicted molar refractivity (Wildman–Crippen MR) is 287 cm³/mol. The molecule has 0 aromatic rings. The molecule has 6 nitrogen and oxygen atoms in total. The van der Waals surface area contributed by atoms with E-state index in [0.717, 1.165) is 57.8 Å². The van der Waals surface area contributed by atoms with E-state index in [9.17, 15) is 19.8 Å². The lowest BCUT2D eigenvalue weighted by molar-refractivity contribution is -0.143. The van der Waals surface area contributed by atoms with Gasteiger partial charge in [0.05, 0.1) is 25.4 Å². The van der Waals surface area contributed by atoms with E-state index in [1.165, 1.54) is 250 Å². The number of nitrogens with one attached hydrogen (secondary N) is 1. The van der Waals surface area contributed by atoms with Crippen molar-refractivity contribution in [3.05, 3.63) is 12.2 Å². The van der Waals surface area contributed by atoms with Crippen molar-refractivity contribution in [3.8, 4) is 0 Å². The Morgan fingerprint density at radius 1 is 0.409 bits per heavy atom. The largest absolute Gasteiger partial charge is 0.466 e. The molecule has 0 fully saturated rings. The Balaban J connectivity index is 3.48. The number of allylic oxidation sites excluding steroid dienone is 1. The van der Waals surface area contributed by atoms with Gasteiger partial charge in [-0.15, -0.1) is 0 Å². The van der Waals surface area contributed by atoms with Crippen LogP contribution in [0.25, 0.3) is 0 Å². The summed E-state index contributed by atoms with van der Waals surface area (Å²) in [6, 6.07) is -0.644. The first-order chi connectivity index (χ1) is 32.5. The van der Waals surface area contributed by atoms with Gasteiger partial charge in [0.25, 0.3) is 0 Å². The van der Waals surface area contributed by atoms with Crippen LogP contribution in [-0.2, 0) is 14.3 Å². The van der Waals surface area contributed by atoms with E-state index in [4.69, 9.17) is 4.74 Å². The highest BCUT2D eigenvalue weighted by atomic mass is 16.5. The molecule has 3 N–H and O–H groups in total. The molecular weight excluding hydrogens is 815 g/mol. The summed E-state index contributed by atoms with van der Waals surface area (Å²) in [7, 11) is 0. The second kappa shape index (κ2) is 56.2. The molecule has 0 aromatic carbocycles. The number of unbranched alkanes of at least 4 members (excludes halogenated alkanes) is 45. The average molecular weight is 933 g/mol. The van der Waals surface area contributed by atoms with Crippen LogP contribution in [0.15, 0.2) is 12.2 Å². The Labute approximate surface area is 412 Å². The first-order valence-electron chi connectivity index (χ1n) is 30.0. The molecule has 0 aliphatic heterocycles. The van der Waals surface area contributed by atoms with Gasteiger partial charge in [-0.3, -0.25) is 9.59 Å². The number of amides is 1. The quantitative estimate of drug-likeness (QED) is 0.0321. The van der Waals surface area contributed by atoms with E-state index in [2.05, 4.69) is 19.2 Å². The molecule has 0 saturated carbocycles. The summed E-state index contributed by atoms with van der Waals surface area (Å²) < 4.78 is 5.46. The van der Waals surface area contributed by atoms with Gasteiger partial charge in [-0.2, -0.15) is 0 Å². The third-order valence-electron chi connectivity index (χ3n) is 14.1. The molecule has 2 unspecified atom stereocenters. The molecule has 2 atom stereocenters. The summed E-state index contributed by atoms with van der Waals surface area (Å²) in [5, 5.41) is 23.2. The number of rotatable bonds is 56. The summed E-state index contributed by atoms with van der Waals surface area (Å²) in [4.78, 5) is 24.5. The number of esters is 1. The second-order valence-corrected chi connectivity index (χ2v) is 20.7. The number of aliphatic hydroxyl groups is 2. The summed E-state index contributed by atoms with van der Waals surface area (Å²) >= 11 is 0. The smallest absolute Gasteiger partial charge is 0.305 e. The number of hydrogen-bond acceptors (Lipinski definition) is 5. The van der Waals surface area contributed by atoms with Crippen molar-refractivity contribution >= 4 is 11.9 Å². The minimum atomic E-state index is -0.859. The van der Waals surface area contributed by atoms with E-state index in [-0.39, 0.29) is 18.5 Å². The van der Waals surface area contributed by atoms with Gasteiger partial charge in [-0.1, -0.05) is 302 Å². The van der Waals surface area contributed by atoms with Crippen molar-refractivity contribution in [1.29, 1.82) is 0 Å². The van der Waals surface area contributed by atoms with Crippen molar-refractivity contribution in [2.75, 3.05) is 13.2 Å². The highest BCUT2D eigenvalue weighted by Gasteiger charge is 2.18. The summed E-state index contributed by atoms with van der Waals surface area (Å²) in [6.07, 6.45) is 66.7. The Hall–Kier alpha value is -1.40. The van der Waals surface area contributed by atoms with E-state index in [0.29, 0.717) is 19.4 Å². The van der Waals surface area contributed by atoms with Crippen LogP contribution in [0.4, 0.5) is 0 Å². The van der Waals surface area contributed by atoms with Crippen LogP contribution in [0.5, 0.6) is 0 Å². The van der Waals surface area contributed by atoms with Crippen LogP contribution in [0.1, 0.15) is 335 Å². The van der Waals surface area contributed by atoms with Crippen molar-refractivity contribution in [1.82, 2.24) is 5.32 Å². The molecule has 6 heteroatoms. The van der Waals surface area contributed by atoms with Crippen LogP contribution in [-0.4, -0.2) is 47.4 Å². The van der Waals surface area contributed by atoms with Gasteiger partial charge < -0.3 is 20.3 Å².